The lowest BCUT2D eigenvalue weighted by atomic mass is 10.1. The smallest absolute Gasteiger partial charge is 0.250 e. The summed E-state index contributed by atoms with van der Waals surface area (Å²) in [5.74, 6) is -0.367. The zero-order valence-electron chi connectivity index (χ0n) is 10.5. The lowest BCUT2D eigenvalue weighted by molar-refractivity contribution is -0.120. The zero-order valence-corrected chi connectivity index (χ0v) is 12.1. The summed E-state index contributed by atoms with van der Waals surface area (Å²) in [6.07, 6.45) is 0.848. The SMILES string of the molecule is CCCOCC(=O)Nc1ccc(Br)cc1/C(N)=N/O. The molecule has 0 radical (unpaired) electrons. The minimum Gasteiger partial charge on any atom is -0.409 e. The molecule has 6 nitrogen and oxygen atoms in total. The van der Waals surface area contributed by atoms with Crippen LogP contribution in [0.15, 0.2) is 27.8 Å². The van der Waals surface area contributed by atoms with E-state index in [1.807, 2.05) is 6.92 Å². The molecule has 0 aliphatic rings. The fourth-order valence-corrected chi connectivity index (χ4v) is 1.75. The molecular weight excluding hydrogens is 314 g/mol. The van der Waals surface area contributed by atoms with Crippen molar-refractivity contribution in [1.82, 2.24) is 0 Å². The summed E-state index contributed by atoms with van der Waals surface area (Å²) in [4.78, 5) is 11.6. The van der Waals surface area contributed by atoms with Crippen LogP contribution in [0.25, 0.3) is 0 Å². The third-order valence-corrected chi connectivity index (χ3v) is 2.71. The summed E-state index contributed by atoms with van der Waals surface area (Å²) in [5, 5.41) is 14.3. The maximum absolute atomic E-state index is 11.6. The van der Waals surface area contributed by atoms with E-state index in [1.165, 1.54) is 0 Å². The maximum atomic E-state index is 11.6. The average molecular weight is 330 g/mol. The van der Waals surface area contributed by atoms with E-state index in [-0.39, 0.29) is 18.3 Å². The van der Waals surface area contributed by atoms with E-state index in [4.69, 9.17) is 15.7 Å². The van der Waals surface area contributed by atoms with E-state index in [1.54, 1.807) is 18.2 Å². The van der Waals surface area contributed by atoms with Gasteiger partial charge in [0.05, 0.1) is 5.69 Å². The molecule has 0 saturated carbocycles. The van der Waals surface area contributed by atoms with Gasteiger partial charge in [0.25, 0.3) is 0 Å². The molecule has 4 N–H and O–H groups in total. The molecule has 1 aromatic carbocycles. The van der Waals surface area contributed by atoms with Gasteiger partial charge in [0.2, 0.25) is 5.91 Å². The van der Waals surface area contributed by atoms with Gasteiger partial charge in [-0.1, -0.05) is 28.0 Å². The lowest BCUT2D eigenvalue weighted by Crippen LogP contribution is -2.22. The van der Waals surface area contributed by atoms with Crippen LogP contribution < -0.4 is 11.1 Å². The van der Waals surface area contributed by atoms with Crippen molar-refractivity contribution in [3.05, 3.63) is 28.2 Å². The number of hydrogen-bond donors (Lipinski definition) is 3. The molecule has 0 bridgehead atoms. The molecule has 0 aliphatic heterocycles. The Bertz CT molecular complexity index is 477. The summed E-state index contributed by atoms with van der Waals surface area (Å²) in [7, 11) is 0. The fourth-order valence-electron chi connectivity index (χ4n) is 1.39. The van der Waals surface area contributed by atoms with Crippen LogP contribution in [0.1, 0.15) is 18.9 Å². The first-order valence-corrected chi connectivity index (χ1v) is 6.52. The Labute approximate surface area is 119 Å². The van der Waals surface area contributed by atoms with Crippen LogP contribution >= 0.6 is 15.9 Å². The van der Waals surface area contributed by atoms with Crippen molar-refractivity contribution in [2.24, 2.45) is 10.9 Å². The van der Waals surface area contributed by atoms with Gasteiger partial charge in [-0.2, -0.15) is 0 Å². The number of nitrogens with zero attached hydrogens (tertiary/aromatic N) is 1. The first-order valence-electron chi connectivity index (χ1n) is 5.73. The first-order chi connectivity index (χ1) is 9.08. The van der Waals surface area contributed by atoms with Crippen LogP contribution in [0.5, 0.6) is 0 Å². The van der Waals surface area contributed by atoms with Crippen LogP contribution in [-0.4, -0.2) is 30.2 Å². The normalized spacial score (nSPS) is 11.4. The van der Waals surface area contributed by atoms with Crippen molar-refractivity contribution in [2.75, 3.05) is 18.5 Å². The zero-order chi connectivity index (χ0) is 14.3. The first kappa shape index (κ1) is 15.5. The number of nitrogens with one attached hydrogen (secondary N) is 1. The molecule has 0 heterocycles. The topological polar surface area (TPSA) is 96.9 Å². The molecule has 0 unspecified atom stereocenters. The standard InChI is InChI=1S/C12H16BrN3O3/c1-2-5-19-7-11(17)15-10-4-3-8(13)6-9(10)12(14)16-18/h3-4,6,18H,2,5,7H2,1H3,(H2,14,16)(H,15,17). The molecule has 0 saturated heterocycles. The summed E-state index contributed by atoms with van der Waals surface area (Å²) in [6.45, 7) is 2.46. The number of carbonyl (C=O) groups is 1. The molecule has 104 valence electrons. The average Bonchev–Trinajstić information content (AvgIpc) is 2.40. The van der Waals surface area contributed by atoms with Gasteiger partial charge in [-0.3, -0.25) is 4.79 Å². The van der Waals surface area contributed by atoms with Gasteiger partial charge < -0.3 is 21.0 Å². The van der Waals surface area contributed by atoms with Gasteiger partial charge in [0.15, 0.2) is 5.84 Å². The van der Waals surface area contributed by atoms with Crippen molar-refractivity contribution in [1.29, 1.82) is 0 Å². The van der Waals surface area contributed by atoms with Crippen molar-refractivity contribution in [3.8, 4) is 0 Å². The number of halogens is 1. The number of oxime groups is 1. The highest BCUT2D eigenvalue weighted by Gasteiger charge is 2.11. The van der Waals surface area contributed by atoms with E-state index in [2.05, 4.69) is 26.4 Å². The molecule has 1 rings (SSSR count). The van der Waals surface area contributed by atoms with Crippen LogP contribution in [-0.2, 0) is 9.53 Å². The highest BCUT2D eigenvalue weighted by atomic mass is 79.9. The Morgan fingerprint density at radius 2 is 2.32 bits per heavy atom. The van der Waals surface area contributed by atoms with Crippen LogP contribution in [0.3, 0.4) is 0 Å². The molecular formula is C12H16BrN3O3. The molecule has 0 fully saturated rings. The Morgan fingerprint density at radius 3 is 2.95 bits per heavy atom. The number of hydrogen-bond acceptors (Lipinski definition) is 4. The molecule has 19 heavy (non-hydrogen) atoms. The van der Waals surface area contributed by atoms with Crippen LogP contribution in [0.2, 0.25) is 0 Å². The molecule has 0 atom stereocenters. The second-order valence-corrected chi connectivity index (χ2v) is 4.69. The Balaban J connectivity index is 2.80. The van der Waals surface area contributed by atoms with Crippen LogP contribution in [0, 0.1) is 0 Å². The van der Waals surface area contributed by atoms with Crippen molar-refractivity contribution >= 4 is 33.4 Å². The van der Waals surface area contributed by atoms with Gasteiger partial charge in [-0.15, -0.1) is 0 Å². The second-order valence-electron chi connectivity index (χ2n) is 3.78. The quantitative estimate of drug-likeness (QED) is 0.244. The monoisotopic (exact) mass is 329 g/mol. The molecule has 0 aliphatic carbocycles. The number of carbonyl (C=O) groups excluding carboxylic acids is 1. The fraction of sp³-hybridized carbons (Fsp3) is 0.333. The van der Waals surface area contributed by atoms with E-state index in [0.29, 0.717) is 17.9 Å². The van der Waals surface area contributed by atoms with E-state index >= 15 is 0 Å². The van der Waals surface area contributed by atoms with Crippen molar-refractivity contribution in [3.63, 3.8) is 0 Å². The number of amides is 1. The number of nitrogens with two attached hydrogens (primary N) is 1. The summed E-state index contributed by atoms with van der Waals surface area (Å²) in [5.41, 5.74) is 6.45. The third-order valence-electron chi connectivity index (χ3n) is 2.22. The van der Waals surface area contributed by atoms with Crippen molar-refractivity contribution < 1.29 is 14.7 Å². The molecule has 0 spiro atoms. The largest absolute Gasteiger partial charge is 0.409 e. The molecule has 0 aromatic heterocycles. The number of anilines is 1. The van der Waals surface area contributed by atoms with Gasteiger partial charge in [-0.05, 0) is 24.6 Å². The number of amidine groups is 1. The predicted molar refractivity (Wildman–Crippen MR) is 76.4 cm³/mol. The highest BCUT2D eigenvalue weighted by molar-refractivity contribution is 9.10. The van der Waals surface area contributed by atoms with E-state index in [9.17, 15) is 4.79 Å². The van der Waals surface area contributed by atoms with E-state index in [0.717, 1.165) is 10.9 Å². The van der Waals surface area contributed by atoms with Gasteiger partial charge in [0, 0.05) is 16.6 Å². The van der Waals surface area contributed by atoms with Gasteiger partial charge in [0.1, 0.15) is 6.61 Å². The highest BCUT2D eigenvalue weighted by Crippen LogP contribution is 2.21. The molecule has 7 heteroatoms. The Kier molecular flexibility index (Phi) is 6.31. The Hall–Kier alpha value is -1.60. The van der Waals surface area contributed by atoms with Gasteiger partial charge in [-0.25, -0.2) is 0 Å². The lowest BCUT2D eigenvalue weighted by Gasteiger charge is -2.10. The Morgan fingerprint density at radius 1 is 1.58 bits per heavy atom. The van der Waals surface area contributed by atoms with Crippen LogP contribution in [0.4, 0.5) is 5.69 Å². The van der Waals surface area contributed by atoms with E-state index < -0.39 is 0 Å². The number of rotatable bonds is 6. The molecule has 1 aromatic rings. The molecule has 1 amide bonds. The number of benzene rings is 1. The summed E-state index contributed by atoms with van der Waals surface area (Å²) < 4.78 is 5.89. The summed E-state index contributed by atoms with van der Waals surface area (Å²) in [6, 6.07) is 5.06. The third kappa shape index (κ3) is 4.88. The predicted octanol–water partition coefficient (Wildman–Crippen LogP) is 1.91. The summed E-state index contributed by atoms with van der Waals surface area (Å²) >= 11 is 3.28. The number of ether oxygens (including phenoxy) is 1. The minimum atomic E-state index is -0.289. The minimum absolute atomic E-state index is 0.0283. The maximum Gasteiger partial charge on any atom is 0.250 e. The second kappa shape index (κ2) is 7.75. The van der Waals surface area contributed by atoms with Gasteiger partial charge >= 0.3 is 0 Å². The van der Waals surface area contributed by atoms with Crippen molar-refractivity contribution in [2.45, 2.75) is 13.3 Å².